The monoisotopic (exact) mass is 348 g/mol. The SMILES string of the molecule is Nc1c(N=O)c(=O)n(CC2CCCCC2)c(=O)n1CC1CCCCC1. The van der Waals surface area contributed by atoms with Crippen LogP contribution in [0.3, 0.4) is 0 Å². The Balaban J connectivity index is 1.95. The molecule has 0 radical (unpaired) electrons. The van der Waals surface area contributed by atoms with Gasteiger partial charge in [0.15, 0.2) is 0 Å². The molecule has 0 bridgehead atoms. The third-order valence-electron chi connectivity index (χ3n) is 5.87. The van der Waals surface area contributed by atoms with Crippen LogP contribution >= 0.6 is 0 Å². The Kier molecular flexibility index (Phi) is 5.71. The van der Waals surface area contributed by atoms with Crippen molar-refractivity contribution in [1.82, 2.24) is 9.13 Å². The Morgan fingerprint density at radius 1 is 0.840 bits per heavy atom. The zero-order chi connectivity index (χ0) is 17.8. The van der Waals surface area contributed by atoms with E-state index in [0.29, 0.717) is 24.9 Å². The molecule has 2 aliphatic carbocycles. The molecule has 7 nitrogen and oxygen atoms in total. The Labute approximate surface area is 147 Å². The highest BCUT2D eigenvalue weighted by Crippen LogP contribution is 2.27. The maximum absolute atomic E-state index is 12.9. The maximum Gasteiger partial charge on any atom is 0.332 e. The molecule has 0 aromatic carbocycles. The van der Waals surface area contributed by atoms with Gasteiger partial charge in [0.1, 0.15) is 5.82 Å². The minimum atomic E-state index is -0.636. The first kappa shape index (κ1) is 17.9. The lowest BCUT2D eigenvalue weighted by molar-refractivity contribution is 0.294. The molecule has 1 heterocycles. The van der Waals surface area contributed by atoms with Gasteiger partial charge in [0, 0.05) is 13.1 Å². The second-order valence-electron chi connectivity index (χ2n) is 7.64. The van der Waals surface area contributed by atoms with E-state index in [4.69, 9.17) is 5.73 Å². The van der Waals surface area contributed by atoms with E-state index in [1.54, 1.807) is 0 Å². The molecule has 0 atom stereocenters. The standard InChI is InChI=1S/C18H28N4O3/c19-16-15(20-25)17(23)22(12-14-9-5-2-6-10-14)18(24)21(16)11-13-7-3-1-4-8-13/h13-14H,1-12,19H2. The van der Waals surface area contributed by atoms with Crippen molar-refractivity contribution in [2.75, 3.05) is 5.73 Å². The number of rotatable bonds is 5. The lowest BCUT2D eigenvalue weighted by atomic mass is 9.89. The van der Waals surface area contributed by atoms with Crippen molar-refractivity contribution in [3.63, 3.8) is 0 Å². The smallest absolute Gasteiger partial charge is 0.332 e. The zero-order valence-electron chi connectivity index (χ0n) is 14.8. The van der Waals surface area contributed by atoms with Gasteiger partial charge in [0.2, 0.25) is 5.69 Å². The normalized spacial score (nSPS) is 19.8. The first-order valence-electron chi connectivity index (χ1n) is 9.58. The molecule has 1 aromatic rings. The van der Waals surface area contributed by atoms with E-state index in [-0.39, 0.29) is 17.2 Å². The largest absolute Gasteiger partial charge is 0.383 e. The highest BCUT2D eigenvalue weighted by Gasteiger charge is 2.24. The van der Waals surface area contributed by atoms with E-state index < -0.39 is 5.56 Å². The van der Waals surface area contributed by atoms with Crippen molar-refractivity contribution >= 4 is 11.5 Å². The fraction of sp³-hybridized carbons (Fsp3) is 0.778. The summed E-state index contributed by atoms with van der Waals surface area (Å²) in [5, 5.41) is 2.85. The minimum Gasteiger partial charge on any atom is -0.383 e. The second kappa shape index (κ2) is 7.97. The van der Waals surface area contributed by atoms with Crippen LogP contribution in [-0.4, -0.2) is 9.13 Å². The van der Waals surface area contributed by atoms with Crippen LogP contribution in [0.15, 0.2) is 14.8 Å². The number of hydrogen-bond donors (Lipinski definition) is 1. The summed E-state index contributed by atoms with van der Waals surface area (Å²) in [7, 11) is 0. The van der Waals surface area contributed by atoms with Crippen molar-refractivity contribution in [3.8, 4) is 0 Å². The molecule has 25 heavy (non-hydrogen) atoms. The highest BCUT2D eigenvalue weighted by atomic mass is 16.3. The Hall–Kier alpha value is -1.92. The van der Waals surface area contributed by atoms with E-state index in [1.807, 2.05) is 0 Å². The van der Waals surface area contributed by atoms with Crippen molar-refractivity contribution in [3.05, 3.63) is 25.7 Å². The molecule has 0 aliphatic heterocycles. The number of anilines is 1. The molecule has 0 saturated heterocycles. The van der Waals surface area contributed by atoms with Crippen LogP contribution in [-0.2, 0) is 13.1 Å². The van der Waals surface area contributed by atoms with Gasteiger partial charge < -0.3 is 5.73 Å². The highest BCUT2D eigenvalue weighted by molar-refractivity contribution is 5.55. The maximum atomic E-state index is 12.9. The zero-order valence-corrected chi connectivity index (χ0v) is 14.8. The van der Waals surface area contributed by atoms with Gasteiger partial charge in [0.05, 0.1) is 0 Å². The van der Waals surface area contributed by atoms with E-state index in [9.17, 15) is 14.5 Å². The first-order chi connectivity index (χ1) is 12.1. The van der Waals surface area contributed by atoms with Crippen molar-refractivity contribution < 1.29 is 0 Å². The average Bonchev–Trinajstić information content (AvgIpc) is 2.64. The summed E-state index contributed by atoms with van der Waals surface area (Å²) in [6.45, 7) is 0.837. The van der Waals surface area contributed by atoms with Crippen molar-refractivity contribution in [2.24, 2.45) is 17.0 Å². The average molecular weight is 348 g/mol. The van der Waals surface area contributed by atoms with Gasteiger partial charge in [-0.25, -0.2) is 4.79 Å². The van der Waals surface area contributed by atoms with Crippen LogP contribution in [0.25, 0.3) is 0 Å². The number of nitrogens with two attached hydrogens (primary N) is 1. The molecule has 138 valence electrons. The summed E-state index contributed by atoms with van der Waals surface area (Å²) in [5.41, 5.74) is 4.64. The Morgan fingerprint density at radius 2 is 1.32 bits per heavy atom. The van der Waals surface area contributed by atoms with Gasteiger partial charge in [-0.15, -0.1) is 4.91 Å². The summed E-state index contributed by atoms with van der Waals surface area (Å²) in [6.07, 6.45) is 11.1. The molecule has 2 N–H and O–H groups in total. The molecule has 2 aliphatic rings. The van der Waals surface area contributed by atoms with Crippen LogP contribution in [0.4, 0.5) is 11.5 Å². The second-order valence-corrected chi connectivity index (χ2v) is 7.64. The fourth-order valence-electron chi connectivity index (χ4n) is 4.38. The summed E-state index contributed by atoms with van der Waals surface area (Å²) >= 11 is 0. The van der Waals surface area contributed by atoms with E-state index in [1.165, 1.54) is 22.0 Å². The predicted molar refractivity (Wildman–Crippen MR) is 98.0 cm³/mol. The molecular formula is C18H28N4O3. The number of nitroso groups, excluding NO2 is 1. The molecule has 1 aromatic heterocycles. The molecule has 7 heteroatoms. The quantitative estimate of drug-likeness (QED) is 0.826. The molecular weight excluding hydrogens is 320 g/mol. The van der Waals surface area contributed by atoms with Gasteiger partial charge in [-0.3, -0.25) is 13.9 Å². The van der Waals surface area contributed by atoms with Crippen LogP contribution in [0.2, 0.25) is 0 Å². The Morgan fingerprint density at radius 3 is 1.80 bits per heavy atom. The van der Waals surface area contributed by atoms with Crippen LogP contribution < -0.4 is 17.0 Å². The third kappa shape index (κ3) is 3.85. The minimum absolute atomic E-state index is 0.0736. The van der Waals surface area contributed by atoms with Crippen molar-refractivity contribution in [1.29, 1.82) is 0 Å². The molecule has 2 fully saturated rings. The first-order valence-corrected chi connectivity index (χ1v) is 9.58. The number of nitrogens with zero attached hydrogens (tertiary/aromatic N) is 3. The number of aromatic nitrogens is 2. The lowest BCUT2D eigenvalue weighted by Gasteiger charge is -2.25. The summed E-state index contributed by atoms with van der Waals surface area (Å²) in [5.74, 6) is 0.606. The van der Waals surface area contributed by atoms with Crippen molar-refractivity contribution in [2.45, 2.75) is 77.3 Å². The predicted octanol–water partition coefficient (Wildman–Crippen LogP) is 3.15. The van der Waals surface area contributed by atoms with Crippen LogP contribution in [0.5, 0.6) is 0 Å². The summed E-state index contributed by atoms with van der Waals surface area (Å²) in [4.78, 5) is 36.7. The molecule has 2 saturated carbocycles. The van der Waals surface area contributed by atoms with Gasteiger partial charge in [-0.05, 0) is 42.7 Å². The van der Waals surface area contributed by atoms with E-state index in [0.717, 1.165) is 51.4 Å². The van der Waals surface area contributed by atoms with Gasteiger partial charge >= 0.3 is 5.69 Å². The van der Waals surface area contributed by atoms with E-state index >= 15 is 0 Å². The lowest BCUT2D eigenvalue weighted by Crippen LogP contribution is -2.43. The van der Waals surface area contributed by atoms with Gasteiger partial charge in [-0.1, -0.05) is 38.5 Å². The Bertz CT molecular complexity index is 725. The number of hydrogen-bond acceptors (Lipinski definition) is 5. The van der Waals surface area contributed by atoms with Gasteiger partial charge in [-0.2, -0.15) is 0 Å². The summed E-state index contributed by atoms with van der Waals surface area (Å²) in [6, 6.07) is 0. The fourth-order valence-corrected chi connectivity index (χ4v) is 4.38. The van der Waals surface area contributed by atoms with Crippen LogP contribution in [0.1, 0.15) is 64.2 Å². The van der Waals surface area contributed by atoms with E-state index in [2.05, 4.69) is 5.18 Å². The number of nitrogen functional groups attached to an aromatic ring is 1. The summed E-state index contributed by atoms with van der Waals surface area (Å²) < 4.78 is 2.61. The topological polar surface area (TPSA) is 99.4 Å². The third-order valence-corrected chi connectivity index (χ3v) is 5.87. The molecule has 0 amide bonds. The molecule has 0 unspecified atom stereocenters. The molecule has 0 spiro atoms. The van der Waals surface area contributed by atoms with Gasteiger partial charge in [0.25, 0.3) is 5.56 Å². The van der Waals surface area contributed by atoms with Crippen LogP contribution in [0, 0.1) is 16.7 Å². The molecule has 3 rings (SSSR count).